The summed E-state index contributed by atoms with van der Waals surface area (Å²) in [4.78, 5) is 13.0. The number of benzene rings is 1. The number of thiophene rings is 1. The summed E-state index contributed by atoms with van der Waals surface area (Å²) in [6.07, 6.45) is 0. The molecule has 0 saturated carbocycles. The Bertz CT molecular complexity index is 585. The highest BCUT2D eigenvalue weighted by atomic mass is 127. The number of carbonyl (C=O) groups excluding carboxylic acids is 1. The molecule has 0 spiro atoms. The Balaban J connectivity index is 2.08. The topological polar surface area (TPSA) is 49.3 Å². The molecule has 1 aromatic carbocycles. The number of amides is 1. The van der Waals surface area contributed by atoms with Crippen LogP contribution in [0.3, 0.4) is 0 Å². The predicted octanol–water partition coefficient (Wildman–Crippen LogP) is 3.75. The van der Waals surface area contributed by atoms with Crippen molar-refractivity contribution in [1.29, 1.82) is 0 Å². The van der Waals surface area contributed by atoms with Gasteiger partial charge in [-0.25, -0.2) is 0 Å². The molecule has 0 aliphatic rings. The number of halogens is 2. The summed E-state index contributed by atoms with van der Waals surface area (Å²) in [5.41, 5.74) is 0.301. The van der Waals surface area contributed by atoms with Gasteiger partial charge in [-0.1, -0.05) is 0 Å². The molecule has 1 amide bonds. The summed E-state index contributed by atoms with van der Waals surface area (Å²) < 4.78 is 1.90. The van der Waals surface area contributed by atoms with Crippen LogP contribution in [0.4, 0.5) is 0 Å². The average Bonchev–Trinajstić information content (AvgIpc) is 2.75. The number of aromatic hydroxyl groups is 1. The molecule has 2 rings (SSSR count). The van der Waals surface area contributed by atoms with Gasteiger partial charge in [0.15, 0.2) is 0 Å². The second-order valence-electron chi connectivity index (χ2n) is 3.54. The Kier molecular flexibility index (Phi) is 4.63. The Hall–Kier alpha value is -0.600. The molecule has 1 heterocycles. The Morgan fingerprint density at radius 1 is 1.44 bits per heavy atom. The fourth-order valence-electron chi connectivity index (χ4n) is 1.40. The van der Waals surface area contributed by atoms with Crippen molar-refractivity contribution in [3.05, 3.63) is 48.1 Å². The predicted molar refractivity (Wildman–Crippen MR) is 84.0 cm³/mol. The highest BCUT2D eigenvalue weighted by Gasteiger charge is 2.12. The lowest BCUT2D eigenvalue weighted by Gasteiger charge is -2.06. The van der Waals surface area contributed by atoms with E-state index in [2.05, 4.69) is 43.8 Å². The van der Waals surface area contributed by atoms with Crippen molar-refractivity contribution in [2.45, 2.75) is 6.54 Å². The zero-order chi connectivity index (χ0) is 13.1. The molecule has 0 radical (unpaired) electrons. The maximum Gasteiger partial charge on any atom is 0.255 e. The number of hydrogen-bond acceptors (Lipinski definition) is 3. The summed E-state index contributed by atoms with van der Waals surface area (Å²) >= 11 is 7.08. The molecule has 94 valence electrons. The van der Waals surface area contributed by atoms with Crippen LogP contribution in [-0.4, -0.2) is 11.0 Å². The van der Waals surface area contributed by atoms with Crippen LogP contribution >= 0.6 is 49.9 Å². The molecule has 6 heteroatoms. The molecule has 1 aromatic heterocycles. The third-order valence-electron chi connectivity index (χ3n) is 2.30. The third-order valence-corrected chi connectivity index (χ3v) is 4.90. The Morgan fingerprint density at radius 2 is 2.22 bits per heavy atom. The van der Waals surface area contributed by atoms with Gasteiger partial charge >= 0.3 is 0 Å². The van der Waals surface area contributed by atoms with Gasteiger partial charge in [0.05, 0.1) is 12.1 Å². The maximum absolute atomic E-state index is 11.9. The van der Waals surface area contributed by atoms with Crippen LogP contribution in [0.25, 0.3) is 0 Å². The lowest BCUT2D eigenvalue weighted by molar-refractivity contribution is 0.0948. The molecule has 2 N–H and O–H groups in total. The summed E-state index contributed by atoms with van der Waals surface area (Å²) in [5.74, 6) is -0.274. The Morgan fingerprint density at radius 3 is 2.89 bits per heavy atom. The fourth-order valence-corrected chi connectivity index (χ4v) is 3.32. The van der Waals surface area contributed by atoms with Crippen LogP contribution in [0.2, 0.25) is 0 Å². The second-order valence-corrected chi connectivity index (χ2v) is 6.64. The third kappa shape index (κ3) is 3.24. The maximum atomic E-state index is 11.9. The summed E-state index contributed by atoms with van der Waals surface area (Å²) in [7, 11) is 0. The molecule has 18 heavy (non-hydrogen) atoms. The van der Waals surface area contributed by atoms with Gasteiger partial charge in [-0.3, -0.25) is 4.79 Å². The van der Waals surface area contributed by atoms with Gasteiger partial charge in [-0.2, -0.15) is 0 Å². The van der Waals surface area contributed by atoms with Gasteiger partial charge in [0, 0.05) is 12.9 Å². The summed E-state index contributed by atoms with van der Waals surface area (Å²) in [6.45, 7) is 0.446. The fraction of sp³-hybridized carbons (Fsp3) is 0.0833. The van der Waals surface area contributed by atoms with E-state index in [0.717, 1.165) is 12.9 Å². The van der Waals surface area contributed by atoms with Gasteiger partial charge in [-0.15, -0.1) is 11.3 Å². The van der Waals surface area contributed by atoms with Crippen LogP contribution in [-0.2, 0) is 6.54 Å². The van der Waals surface area contributed by atoms with Crippen molar-refractivity contribution in [3.8, 4) is 5.75 Å². The zero-order valence-corrected chi connectivity index (χ0v) is 13.7. The van der Waals surface area contributed by atoms with E-state index < -0.39 is 0 Å². The monoisotopic (exact) mass is 437 g/mol. The molecule has 2 aromatic rings. The number of nitrogens with one attached hydrogen (secondary N) is 1. The van der Waals surface area contributed by atoms with E-state index in [1.807, 2.05) is 11.4 Å². The smallest absolute Gasteiger partial charge is 0.255 e. The van der Waals surface area contributed by atoms with Crippen LogP contribution in [0.5, 0.6) is 5.75 Å². The first-order chi connectivity index (χ1) is 8.58. The second kappa shape index (κ2) is 6.03. The molecular weight excluding hydrogens is 429 g/mol. The van der Waals surface area contributed by atoms with Crippen molar-refractivity contribution < 1.29 is 9.90 Å². The lowest BCUT2D eigenvalue weighted by Crippen LogP contribution is -2.22. The zero-order valence-electron chi connectivity index (χ0n) is 9.11. The first-order valence-corrected chi connectivity index (χ1v) is 7.81. The molecular formula is C12H9BrINO2S. The first kappa shape index (κ1) is 13.8. The van der Waals surface area contributed by atoms with E-state index in [1.165, 1.54) is 6.07 Å². The van der Waals surface area contributed by atoms with E-state index in [9.17, 15) is 9.90 Å². The van der Waals surface area contributed by atoms with Gasteiger partial charge in [0.25, 0.3) is 5.91 Å². The van der Waals surface area contributed by atoms with Gasteiger partial charge in [0.1, 0.15) is 5.75 Å². The minimum Gasteiger partial charge on any atom is -0.507 e. The van der Waals surface area contributed by atoms with Crippen LogP contribution in [0, 0.1) is 3.57 Å². The van der Waals surface area contributed by atoms with Crippen molar-refractivity contribution in [1.82, 2.24) is 5.32 Å². The Labute approximate surface area is 130 Å². The quantitative estimate of drug-likeness (QED) is 0.718. The number of carbonyl (C=O) groups is 1. The average molecular weight is 438 g/mol. The largest absolute Gasteiger partial charge is 0.507 e. The van der Waals surface area contributed by atoms with E-state index in [-0.39, 0.29) is 11.7 Å². The highest BCUT2D eigenvalue weighted by molar-refractivity contribution is 14.1. The SMILES string of the molecule is O=C(NCc1sccc1Br)c1cc(I)ccc1O. The van der Waals surface area contributed by atoms with Crippen LogP contribution < -0.4 is 5.32 Å². The summed E-state index contributed by atoms with van der Waals surface area (Å²) in [6, 6.07) is 6.88. The van der Waals surface area contributed by atoms with Gasteiger partial charge in [-0.05, 0) is 68.2 Å². The molecule has 0 aliphatic heterocycles. The first-order valence-electron chi connectivity index (χ1n) is 5.06. The van der Waals surface area contributed by atoms with Crippen molar-refractivity contribution in [2.75, 3.05) is 0 Å². The van der Waals surface area contributed by atoms with Crippen molar-refractivity contribution in [3.63, 3.8) is 0 Å². The van der Waals surface area contributed by atoms with Crippen LogP contribution in [0.1, 0.15) is 15.2 Å². The molecule has 3 nitrogen and oxygen atoms in total. The number of hydrogen-bond donors (Lipinski definition) is 2. The minimum absolute atomic E-state index is 0.00170. The van der Waals surface area contributed by atoms with Gasteiger partial charge in [0.2, 0.25) is 0 Å². The van der Waals surface area contributed by atoms with Crippen LogP contribution in [0.15, 0.2) is 34.1 Å². The van der Waals surface area contributed by atoms with E-state index in [0.29, 0.717) is 12.1 Å². The summed E-state index contributed by atoms with van der Waals surface area (Å²) in [5, 5.41) is 14.4. The molecule has 0 aliphatic carbocycles. The van der Waals surface area contributed by atoms with Crippen molar-refractivity contribution in [2.24, 2.45) is 0 Å². The highest BCUT2D eigenvalue weighted by Crippen LogP contribution is 2.23. The number of phenols is 1. The van der Waals surface area contributed by atoms with E-state index in [1.54, 1.807) is 23.5 Å². The lowest BCUT2D eigenvalue weighted by atomic mass is 10.2. The molecule has 0 bridgehead atoms. The molecule has 0 atom stereocenters. The van der Waals surface area contributed by atoms with E-state index >= 15 is 0 Å². The molecule has 0 saturated heterocycles. The number of rotatable bonds is 3. The normalized spacial score (nSPS) is 10.3. The minimum atomic E-state index is -0.272. The molecule has 0 unspecified atom stereocenters. The van der Waals surface area contributed by atoms with E-state index in [4.69, 9.17) is 0 Å². The molecule has 0 fully saturated rings. The van der Waals surface area contributed by atoms with Gasteiger partial charge < -0.3 is 10.4 Å². The van der Waals surface area contributed by atoms with Crippen molar-refractivity contribution >= 4 is 55.8 Å². The number of phenolic OH excluding ortho intramolecular Hbond substituents is 1. The standard InChI is InChI=1S/C12H9BrINO2S/c13-9-3-4-18-11(9)6-15-12(17)8-5-7(14)1-2-10(8)16/h1-5,16H,6H2,(H,15,17).